The summed E-state index contributed by atoms with van der Waals surface area (Å²) in [6, 6.07) is 11.1. The van der Waals surface area contributed by atoms with E-state index in [-0.39, 0.29) is 7.43 Å². The third-order valence-electron chi connectivity index (χ3n) is 7.53. The summed E-state index contributed by atoms with van der Waals surface area (Å²) < 4.78 is 2.87. The van der Waals surface area contributed by atoms with Crippen molar-refractivity contribution in [3.63, 3.8) is 0 Å². The molecule has 2 fully saturated rings. The number of rotatable bonds is 4. The molecule has 4 rings (SSSR count). The van der Waals surface area contributed by atoms with Crippen LogP contribution in [-0.2, 0) is 17.0 Å². The van der Waals surface area contributed by atoms with Gasteiger partial charge in [0, 0.05) is 0 Å². The maximum absolute atomic E-state index is 4.89. The van der Waals surface area contributed by atoms with Crippen molar-refractivity contribution in [2.75, 3.05) is 26.2 Å². The first-order chi connectivity index (χ1) is 14.4. The molecule has 4 atom stereocenters. The van der Waals surface area contributed by atoms with E-state index < -0.39 is 25.3 Å². The van der Waals surface area contributed by atoms with Crippen molar-refractivity contribution in [3.05, 3.63) is 66.9 Å². The van der Waals surface area contributed by atoms with Crippen LogP contribution in [0.5, 0.6) is 0 Å². The van der Waals surface area contributed by atoms with Crippen LogP contribution in [0, 0.1) is 31.1 Å². The number of piperazine rings is 1. The predicted octanol–water partition coefficient (Wildman–Crippen LogP) is 7.64. The number of halogens is 2. The van der Waals surface area contributed by atoms with E-state index in [1.165, 1.54) is 25.1 Å². The second-order valence-corrected chi connectivity index (χ2v) is 16.8. The molecule has 1 saturated carbocycles. The minimum absolute atomic E-state index is 0. The molecule has 172 valence electrons. The van der Waals surface area contributed by atoms with Gasteiger partial charge in [0.25, 0.3) is 0 Å². The zero-order chi connectivity index (χ0) is 21.7. The van der Waals surface area contributed by atoms with Gasteiger partial charge in [0.1, 0.15) is 8.24 Å². The first kappa shape index (κ1) is 27.4. The Hall–Kier alpha value is 0.131. The van der Waals surface area contributed by atoms with E-state index in [1.54, 1.807) is 5.57 Å². The number of hydrogen-bond donors (Lipinski definition) is 0. The second kappa shape index (κ2) is 12.6. The summed E-state index contributed by atoms with van der Waals surface area (Å²) in [5, 5.41) is 4.61. The van der Waals surface area contributed by atoms with E-state index in [2.05, 4.69) is 85.4 Å². The van der Waals surface area contributed by atoms with Crippen molar-refractivity contribution in [3.8, 4) is 0 Å². The number of benzene rings is 1. The molecular weight excluding hydrogens is 475 g/mol. The van der Waals surface area contributed by atoms with Gasteiger partial charge in [-0.05, 0) is 59.9 Å². The van der Waals surface area contributed by atoms with Gasteiger partial charge in [-0.1, -0.05) is 75.5 Å². The summed E-state index contributed by atoms with van der Waals surface area (Å²) in [6.07, 6.45) is 8.67. The molecule has 1 aromatic carbocycles. The fraction of sp³-hybridized carbons (Fsp3) is 0.560. The zero-order valence-corrected chi connectivity index (χ0v) is 23.8. The van der Waals surface area contributed by atoms with Gasteiger partial charge in [-0.3, -0.25) is 0 Å². The predicted molar refractivity (Wildman–Crippen MR) is 138 cm³/mol. The molecule has 0 spiro atoms. The van der Waals surface area contributed by atoms with Crippen LogP contribution in [0.25, 0.3) is 10.9 Å². The molecule has 2 nitrogen and oxygen atoms in total. The summed E-state index contributed by atoms with van der Waals surface area (Å²) in [5.41, 5.74) is 3.84. The van der Waals surface area contributed by atoms with Crippen LogP contribution in [-0.4, -0.2) is 39.0 Å². The second-order valence-electron chi connectivity index (χ2n) is 9.61. The standard InChI is InChI=1S/C24H35N2Si.CH3.2ClH.Ti/c1-18(2)22-17-23-20(19-9-6-5-7-10-19)11-8-12-21(23)24(22)27(3,4)26-15-13-25-14-16-26;;;;/h5-12,18,21-24H,13-17H2,1-4H3;1H3;2*1H;/q2*-1;;;+2/p-2. The fourth-order valence-corrected chi connectivity index (χ4v) is 10.8. The Kier molecular flexibility index (Phi) is 11.1. The Balaban J connectivity index is 0.000000808. The third kappa shape index (κ3) is 6.18. The van der Waals surface area contributed by atoms with Gasteiger partial charge in [0.05, 0.1) is 0 Å². The van der Waals surface area contributed by atoms with Gasteiger partial charge >= 0.3 is 35.6 Å². The monoisotopic (exact) mass is 512 g/mol. The number of fused-ring (bicyclic) bond motifs is 1. The van der Waals surface area contributed by atoms with E-state index >= 15 is 0 Å². The molecule has 2 aliphatic carbocycles. The van der Waals surface area contributed by atoms with Gasteiger partial charge in [-0.2, -0.15) is 0 Å². The van der Waals surface area contributed by atoms with Crippen LogP contribution in [0.3, 0.4) is 0 Å². The average Bonchev–Trinajstić information content (AvgIpc) is 3.16. The van der Waals surface area contributed by atoms with E-state index in [9.17, 15) is 0 Å². The molecule has 1 heterocycles. The maximum atomic E-state index is 4.89. The van der Waals surface area contributed by atoms with Gasteiger partial charge in [-0.25, -0.2) is 0 Å². The first-order valence-corrected chi connectivity index (χ1v) is 18.5. The normalized spacial score (nSPS) is 28.2. The molecule has 0 amide bonds. The Morgan fingerprint density at radius 1 is 1.10 bits per heavy atom. The molecule has 1 saturated heterocycles. The van der Waals surface area contributed by atoms with Crippen molar-refractivity contribution in [1.29, 1.82) is 0 Å². The Labute approximate surface area is 208 Å². The van der Waals surface area contributed by atoms with Crippen LogP contribution >= 0.6 is 18.6 Å². The molecule has 1 aliphatic heterocycles. The summed E-state index contributed by atoms with van der Waals surface area (Å²) in [6.45, 7) is 14.7. The van der Waals surface area contributed by atoms with Crippen molar-refractivity contribution in [1.82, 2.24) is 4.57 Å². The van der Waals surface area contributed by atoms with E-state index in [0.29, 0.717) is 11.8 Å². The van der Waals surface area contributed by atoms with E-state index in [4.69, 9.17) is 18.6 Å². The summed E-state index contributed by atoms with van der Waals surface area (Å²) >= 11 is -0.556. The van der Waals surface area contributed by atoms with Crippen molar-refractivity contribution in [2.24, 2.45) is 23.7 Å². The summed E-state index contributed by atoms with van der Waals surface area (Å²) in [4.78, 5) is 0. The number of hydrogen-bond acceptors (Lipinski definition) is 1. The molecule has 0 aromatic heterocycles. The van der Waals surface area contributed by atoms with Gasteiger partial charge in [0.15, 0.2) is 0 Å². The van der Waals surface area contributed by atoms with Crippen LogP contribution < -0.4 is 0 Å². The molecule has 0 bridgehead atoms. The Morgan fingerprint density at radius 3 is 2.29 bits per heavy atom. The van der Waals surface area contributed by atoms with Crippen molar-refractivity contribution in [2.45, 2.75) is 38.9 Å². The van der Waals surface area contributed by atoms with Crippen molar-refractivity contribution >= 4 is 32.4 Å². The van der Waals surface area contributed by atoms with Gasteiger partial charge in [-0.15, -0.1) is 13.1 Å². The molecule has 1 aromatic rings. The molecule has 3 aliphatic rings. The van der Waals surface area contributed by atoms with E-state index in [0.717, 1.165) is 30.5 Å². The Bertz CT molecular complexity index is 732. The van der Waals surface area contributed by atoms with Crippen LogP contribution in [0.1, 0.15) is 25.8 Å². The topological polar surface area (TPSA) is 17.3 Å². The molecule has 31 heavy (non-hydrogen) atoms. The number of allylic oxidation sites excluding steroid dienone is 4. The summed E-state index contributed by atoms with van der Waals surface area (Å²) in [5.74, 6) is 2.98. The molecule has 0 radical (unpaired) electrons. The minimum atomic E-state index is -1.54. The van der Waals surface area contributed by atoms with Crippen LogP contribution in [0.15, 0.2) is 48.6 Å². The molecular formula is C25H38Cl2N2SiTi-2. The SMILES string of the molecule is CC(C)C1CC2C(c3ccccc3)=CC=CC2C1[Si](C)(C)N1CC[N-]CC1.[CH3-].[Cl][Ti][Cl]. The number of nitrogens with zero attached hydrogens (tertiary/aromatic N) is 2. The zero-order valence-electron chi connectivity index (χ0n) is 19.7. The average molecular weight is 513 g/mol. The molecule has 4 unspecified atom stereocenters. The first-order valence-electron chi connectivity index (χ1n) is 11.2. The van der Waals surface area contributed by atoms with Gasteiger partial charge < -0.3 is 17.3 Å². The quantitative estimate of drug-likeness (QED) is 0.299. The third-order valence-corrected chi connectivity index (χ3v) is 12.0. The fourth-order valence-electron chi connectivity index (χ4n) is 6.15. The molecule has 6 heteroatoms. The van der Waals surface area contributed by atoms with E-state index in [1.807, 2.05) is 0 Å². The summed E-state index contributed by atoms with van der Waals surface area (Å²) in [7, 11) is 8.24. The molecule has 0 N–H and O–H groups in total. The van der Waals surface area contributed by atoms with Gasteiger partial charge in [0.2, 0.25) is 0 Å². The Morgan fingerprint density at radius 2 is 1.71 bits per heavy atom. The van der Waals surface area contributed by atoms with Crippen LogP contribution in [0.2, 0.25) is 18.6 Å². The van der Waals surface area contributed by atoms with Crippen molar-refractivity contribution < 1.29 is 17.0 Å². The van der Waals surface area contributed by atoms with Crippen LogP contribution in [0.4, 0.5) is 0 Å².